The smallest absolute Gasteiger partial charge is 0.267 e. The van der Waals surface area contributed by atoms with Gasteiger partial charge in [0.15, 0.2) is 11.5 Å². The number of ether oxygens (including phenoxy) is 2. The fraction of sp³-hybridized carbons (Fsp3) is 0.688. The number of alkyl halides is 2. The molecule has 7 atom stereocenters. The van der Waals surface area contributed by atoms with Crippen molar-refractivity contribution < 1.29 is 32.8 Å². The Hall–Kier alpha value is -1.72. The standard InChI is InChI=1S/C16H20F2N5O5P/c17-16(18)3-1-2-8(16)22-14-15-19-4-7(23(15)21-5-20-14)11-10(24)9-12(13(9)28-11)27-6-29(25)26/h4-5,8-13,24,29H,1-3,6H2,(H,25,26)(H,20,21,22)/t8?,9-,10-,11+,12?,13+/m1/s1. The highest BCUT2D eigenvalue weighted by molar-refractivity contribution is 7.37. The third kappa shape index (κ3) is 3.23. The van der Waals surface area contributed by atoms with Crippen LogP contribution in [0.2, 0.25) is 0 Å². The van der Waals surface area contributed by atoms with Gasteiger partial charge < -0.3 is 24.8 Å². The van der Waals surface area contributed by atoms with Crippen LogP contribution in [0.15, 0.2) is 12.5 Å². The summed E-state index contributed by atoms with van der Waals surface area (Å²) in [6, 6.07) is -1.01. The predicted octanol–water partition coefficient (Wildman–Crippen LogP) is 0.964. The van der Waals surface area contributed by atoms with E-state index in [2.05, 4.69) is 20.4 Å². The summed E-state index contributed by atoms with van der Waals surface area (Å²) in [5, 5.41) is 17.5. The number of fused-ring (bicyclic) bond motifs is 2. The fourth-order valence-electron chi connectivity index (χ4n) is 4.30. The molecule has 1 saturated heterocycles. The Morgan fingerprint density at radius 3 is 2.93 bits per heavy atom. The molecular weight excluding hydrogens is 411 g/mol. The first kappa shape index (κ1) is 19.3. The van der Waals surface area contributed by atoms with Crippen molar-refractivity contribution in [1.82, 2.24) is 19.6 Å². The Morgan fingerprint density at radius 2 is 2.28 bits per heavy atom. The normalized spacial score (nSPS) is 36.3. The summed E-state index contributed by atoms with van der Waals surface area (Å²) in [6.07, 6.45) is 0.632. The van der Waals surface area contributed by atoms with Gasteiger partial charge in [-0.05, 0) is 12.8 Å². The fourth-order valence-corrected chi connectivity index (χ4v) is 4.64. The summed E-state index contributed by atoms with van der Waals surface area (Å²) in [6.45, 7) is 0. The number of anilines is 1. The molecule has 5 rings (SSSR count). The van der Waals surface area contributed by atoms with Crippen LogP contribution in [0, 0.1) is 5.92 Å². The van der Waals surface area contributed by atoms with Gasteiger partial charge in [-0.25, -0.2) is 23.3 Å². The number of hydrogen-bond donors (Lipinski definition) is 3. The summed E-state index contributed by atoms with van der Waals surface area (Å²) in [5.41, 5.74) is 0.742. The van der Waals surface area contributed by atoms with Gasteiger partial charge in [0, 0.05) is 12.3 Å². The molecule has 10 nitrogen and oxygen atoms in total. The lowest BCUT2D eigenvalue weighted by Gasteiger charge is -2.21. The number of aliphatic hydroxyl groups excluding tert-OH is 1. The van der Waals surface area contributed by atoms with Crippen molar-refractivity contribution in [3.8, 4) is 0 Å². The molecule has 0 amide bonds. The number of hydrogen-bond acceptors (Lipinski definition) is 8. The number of nitrogens with one attached hydrogen (secondary N) is 1. The lowest BCUT2D eigenvalue weighted by molar-refractivity contribution is -0.0450. The monoisotopic (exact) mass is 431 g/mol. The number of halogens is 2. The van der Waals surface area contributed by atoms with E-state index in [1.54, 1.807) is 0 Å². The number of aromatic nitrogens is 4. The van der Waals surface area contributed by atoms with E-state index in [-0.39, 0.29) is 36.3 Å². The first-order valence-electron chi connectivity index (χ1n) is 9.37. The van der Waals surface area contributed by atoms with Crippen LogP contribution < -0.4 is 5.32 Å². The Morgan fingerprint density at radius 1 is 1.45 bits per heavy atom. The van der Waals surface area contributed by atoms with Crippen LogP contribution in [-0.2, 0) is 14.0 Å². The van der Waals surface area contributed by atoms with E-state index in [0.29, 0.717) is 18.5 Å². The Kier molecular flexibility index (Phi) is 4.59. The Balaban J connectivity index is 1.35. The number of imidazole rings is 1. The summed E-state index contributed by atoms with van der Waals surface area (Å²) >= 11 is 0. The van der Waals surface area contributed by atoms with Crippen molar-refractivity contribution in [2.24, 2.45) is 5.92 Å². The second-order valence-electron chi connectivity index (χ2n) is 7.64. The molecule has 2 aliphatic carbocycles. The van der Waals surface area contributed by atoms with Crippen molar-refractivity contribution in [2.75, 3.05) is 11.7 Å². The molecule has 0 aromatic carbocycles. The minimum atomic E-state index is -2.81. The highest BCUT2D eigenvalue weighted by atomic mass is 31.1. The second-order valence-corrected chi connectivity index (χ2v) is 8.71. The summed E-state index contributed by atoms with van der Waals surface area (Å²) in [5.74, 6) is -2.91. The van der Waals surface area contributed by atoms with Crippen LogP contribution >= 0.6 is 8.03 Å². The molecule has 2 saturated carbocycles. The van der Waals surface area contributed by atoms with E-state index in [1.165, 1.54) is 17.0 Å². The van der Waals surface area contributed by atoms with Crippen molar-refractivity contribution >= 4 is 19.5 Å². The molecule has 13 heteroatoms. The van der Waals surface area contributed by atoms with Gasteiger partial charge in [-0.1, -0.05) is 0 Å². The highest BCUT2D eigenvalue weighted by Crippen LogP contribution is 2.53. The predicted molar refractivity (Wildman–Crippen MR) is 95.1 cm³/mol. The lowest BCUT2D eigenvalue weighted by atomic mass is 10.1. The van der Waals surface area contributed by atoms with Crippen LogP contribution in [0.25, 0.3) is 5.65 Å². The van der Waals surface area contributed by atoms with Gasteiger partial charge >= 0.3 is 0 Å². The van der Waals surface area contributed by atoms with E-state index in [1.807, 2.05) is 0 Å². The van der Waals surface area contributed by atoms with Crippen molar-refractivity contribution in [3.63, 3.8) is 0 Å². The maximum absolute atomic E-state index is 14.0. The van der Waals surface area contributed by atoms with Crippen LogP contribution in [0.1, 0.15) is 31.1 Å². The quantitative estimate of drug-likeness (QED) is 0.573. The van der Waals surface area contributed by atoms with Crippen LogP contribution in [0.3, 0.4) is 0 Å². The number of rotatable bonds is 6. The first-order chi connectivity index (χ1) is 13.9. The topological polar surface area (TPSA) is 131 Å². The minimum Gasteiger partial charge on any atom is -0.389 e. The summed E-state index contributed by atoms with van der Waals surface area (Å²) in [7, 11) is -2.75. The minimum absolute atomic E-state index is 0.162. The van der Waals surface area contributed by atoms with Crippen molar-refractivity contribution in [3.05, 3.63) is 18.2 Å². The number of nitrogens with zero attached hydrogens (tertiary/aromatic N) is 4. The zero-order valence-corrected chi connectivity index (χ0v) is 16.1. The molecule has 29 heavy (non-hydrogen) atoms. The SMILES string of the molecule is O=[PH](O)COC1[C@H]2[C@@H](O)[C@H](c3cnc4c(NC5CCCC5(F)F)ncnn34)O[C@H]12. The van der Waals surface area contributed by atoms with Gasteiger partial charge in [0.25, 0.3) is 5.92 Å². The molecule has 0 radical (unpaired) electrons. The molecule has 0 spiro atoms. The zero-order valence-electron chi connectivity index (χ0n) is 15.1. The molecular formula is C16H20F2N5O5P. The Labute approximate surface area is 164 Å². The van der Waals surface area contributed by atoms with Gasteiger partial charge in [-0.3, -0.25) is 4.57 Å². The summed E-state index contributed by atoms with van der Waals surface area (Å²) < 4.78 is 51.3. The van der Waals surface area contributed by atoms with E-state index in [0.717, 1.165) is 0 Å². The molecule has 3 heterocycles. The molecule has 3 unspecified atom stereocenters. The van der Waals surface area contributed by atoms with Crippen molar-refractivity contribution in [1.29, 1.82) is 0 Å². The molecule has 3 aliphatic rings. The van der Waals surface area contributed by atoms with Gasteiger partial charge in [-0.2, -0.15) is 5.10 Å². The first-order valence-corrected chi connectivity index (χ1v) is 10.9. The average Bonchev–Trinajstić information content (AvgIpc) is 2.93. The molecule has 2 aromatic heterocycles. The largest absolute Gasteiger partial charge is 0.389 e. The maximum atomic E-state index is 14.0. The zero-order chi connectivity index (χ0) is 20.3. The molecule has 3 N–H and O–H groups in total. The number of aliphatic hydroxyl groups is 1. The molecule has 2 aromatic rings. The van der Waals surface area contributed by atoms with E-state index >= 15 is 0 Å². The molecule has 0 bridgehead atoms. The van der Waals surface area contributed by atoms with Gasteiger partial charge in [0.1, 0.15) is 18.8 Å². The van der Waals surface area contributed by atoms with Gasteiger partial charge in [0.2, 0.25) is 8.03 Å². The third-order valence-corrected chi connectivity index (χ3v) is 6.21. The van der Waals surface area contributed by atoms with E-state index in [9.17, 15) is 18.5 Å². The maximum Gasteiger partial charge on any atom is 0.267 e. The molecule has 1 aliphatic heterocycles. The third-order valence-electron chi connectivity index (χ3n) is 5.79. The Bertz CT molecular complexity index is 961. The highest BCUT2D eigenvalue weighted by Gasteiger charge is 2.65. The summed E-state index contributed by atoms with van der Waals surface area (Å²) in [4.78, 5) is 17.2. The van der Waals surface area contributed by atoms with Gasteiger partial charge in [-0.15, -0.1) is 0 Å². The molecule has 3 fully saturated rings. The van der Waals surface area contributed by atoms with Crippen LogP contribution in [-0.4, -0.2) is 66.2 Å². The second kappa shape index (κ2) is 6.92. The van der Waals surface area contributed by atoms with Crippen LogP contribution in [0.4, 0.5) is 14.6 Å². The van der Waals surface area contributed by atoms with Crippen LogP contribution in [0.5, 0.6) is 0 Å². The molecule has 158 valence electrons. The lowest BCUT2D eigenvalue weighted by Crippen LogP contribution is -2.34. The van der Waals surface area contributed by atoms with Crippen molar-refractivity contribution in [2.45, 2.75) is 55.6 Å². The van der Waals surface area contributed by atoms with E-state index in [4.69, 9.17) is 14.4 Å². The average molecular weight is 431 g/mol. The van der Waals surface area contributed by atoms with E-state index < -0.39 is 38.3 Å². The van der Waals surface area contributed by atoms with Gasteiger partial charge in [0.05, 0.1) is 36.2 Å².